The summed E-state index contributed by atoms with van der Waals surface area (Å²) in [5, 5.41) is 7.31. The van der Waals surface area contributed by atoms with Gasteiger partial charge in [0.25, 0.3) is 0 Å². The number of alkyl halides is 1. The molecule has 0 aliphatic carbocycles. The van der Waals surface area contributed by atoms with Crippen molar-refractivity contribution in [2.24, 2.45) is 7.05 Å². The molecule has 0 atom stereocenters. The molecule has 0 fully saturated rings. The molecule has 0 radical (unpaired) electrons. The first-order chi connectivity index (χ1) is 5.72. The zero-order valence-corrected chi connectivity index (χ0v) is 8.34. The van der Waals surface area contributed by atoms with Crippen LogP contribution in [-0.4, -0.2) is 21.0 Å². The van der Waals surface area contributed by atoms with Crippen LogP contribution in [0.2, 0.25) is 0 Å². The summed E-state index contributed by atoms with van der Waals surface area (Å²) in [6.07, 6.45) is 3.85. The fourth-order valence-corrected chi connectivity index (χ4v) is 1.16. The molecule has 0 aromatic carbocycles. The van der Waals surface area contributed by atoms with E-state index in [1.165, 1.54) is 0 Å². The fraction of sp³-hybridized carbons (Fsp3) is 0.429. The van der Waals surface area contributed by atoms with E-state index in [2.05, 4.69) is 26.3 Å². The molecule has 12 heavy (non-hydrogen) atoms. The van der Waals surface area contributed by atoms with Crippen molar-refractivity contribution in [3.05, 3.63) is 12.4 Å². The summed E-state index contributed by atoms with van der Waals surface area (Å²) in [6, 6.07) is 0. The first kappa shape index (κ1) is 9.25. The number of nitrogens with one attached hydrogen (secondary N) is 1. The van der Waals surface area contributed by atoms with E-state index in [0.717, 1.165) is 5.69 Å². The highest BCUT2D eigenvalue weighted by atomic mass is 79.9. The largest absolute Gasteiger partial charge is 0.323 e. The van der Waals surface area contributed by atoms with E-state index in [0.29, 0.717) is 11.8 Å². The number of carbonyl (C=O) groups excluding carboxylic acids is 1. The summed E-state index contributed by atoms with van der Waals surface area (Å²) >= 11 is 3.19. The number of carbonyl (C=O) groups is 1. The maximum atomic E-state index is 11.0. The second kappa shape index (κ2) is 4.25. The summed E-state index contributed by atoms with van der Waals surface area (Å²) in [4.78, 5) is 11.0. The Kier molecular flexibility index (Phi) is 3.28. The van der Waals surface area contributed by atoms with E-state index in [-0.39, 0.29) is 5.91 Å². The highest BCUT2D eigenvalue weighted by Gasteiger charge is 2.01. The van der Waals surface area contributed by atoms with E-state index in [1.807, 2.05) is 0 Å². The van der Waals surface area contributed by atoms with Gasteiger partial charge in [-0.2, -0.15) is 5.10 Å². The van der Waals surface area contributed by atoms with Gasteiger partial charge in [0.15, 0.2) is 0 Å². The number of hydrogen-bond acceptors (Lipinski definition) is 2. The monoisotopic (exact) mass is 231 g/mol. The van der Waals surface area contributed by atoms with Crippen molar-refractivity contribution >= 4 is 27.5 Å². The Bertz CT molecular complexity index is 271. The van der Waals surface area contributed by atoms with Crippen LogP contribution in [0.3, 0.4) is 0 Å². The average Bonchev–Trinajstić information content (AvgIpc) is 2.36. The van der Waals surface area contributed by atoms with Gasteiger partial charge in [0.05, 0.1) is 11.9 Å². The standard InChI is InChI=1S/C7H10BrN3O/c1-11-5-6(4-9-11)10-7(12)2-3-8/h4-5H,2-3H2,1H3,(H,10,12). The van der Waals surface area contributed by atoms with Gasteiger partial charge in [-0.15, -0.1) is 0 Å². The quantitative estimate of drug-likeness (QED) is 0.794. The molecule has 0 bridgehead atoms. The molecule has 1 rings (SSSR count). The normalized spacial score (nSPS) is 9.83. The third kappa shape index (κ3) is 2.65. The number of nitrogens with zero attached hydrogens (tertiary/aromatic N) is 2. The minimum Gasteiger partial charge on any atom is -0.323 e. The van der Waals surface area contributed by atoms with Crippen LogP contribution in [-0.2, 0) is 11.8 Å². The van der Waals surface area contributed by atoms with Crippen molar-refractivity contribution in [1.82, 2.24) is 9.78 Å². The van der Waals surface area contributed by atoms with Gasteiger partial charge in [-0.3, -0.25) is 9.48 Å². The van der Waals surface area contributed by atoms with Crippen LogP contribution in [0.5, 0.6) is 0 Å². The van der Waals surface area contributed by atoms with E-state index in [9.17, 15) is 4.79 Å². The van der Waals surface area contributed by atoms with Crippen molar-refractivity contribution in [2.45, 2.75) is 6.42 Å². The summed E-state index contributed by atoms with van der Waals surface area (Å²) < 4.78 is 1.64. The van der Waals surface area contributed by atoms with Crippen LogP contribution < -0.4 is 5.32 Å². The minimum absolute atomic E-state index is 0.000116. The van der Waals surface area contributed by atoms with Crippen LogP contribution >= 0.6 is 15.9 Å². The highest BCUT2D eigenvalue weighted by Crippen LogP contribution is 2.03. The van der Waals surface area contributed by atoms with Crippen LogP contribution in [0.25, 0.3) is 0 Å². The molecule has 0 saturated heterocycles. The molecule has 0 aliphatic heterocycles. The SMILES string of the molecule is Cn1cc(NC(=O)CCBr)cn1. The molecule has 1 amide bonds. The van der Waals surface area contributed by atoms with Gasteiger partial charge >= 0.3 is 0 Å². The molecule has 1 aromatic rings. The van der Waals surface area contributed by atoms with Crippen molar-refractivity contribution < 1.29 is 4.79 Å². The van der Waals surface area contributed by atoms with Crippen molar-refractivity contribution in [3.8, 4) is 0 Å². The molecule has 0 saturated carbocycles. The first-order valence-corrected chi connectivity index (χ1v) is 4.69. The van der Waals surface area contributed by atoms with Gasteiger partial charge < -0.3 is 5.32 Å². The molecular weight excluding hydrogens is 222 g/mol. The van der Waals surface area contributed by atoms with Crippen molar-refractivity contribution in [1.29, 1.82) is 0 Å². The van der Waals surface area contributed by atoms with Gasteiger partial charge in [0, 0.05) is 25.0 Å². The topological polar surface area (TPSA) is 46.9 Å². The number of rotatable bonds is 3. The van der Waals surface area contributed by atoms with E-state index in [4.69, 9.17) is 0 Å². The Hall–Kier alpha value is -0.840. The van der Waals surface area contributed by atoms with Gasteiger partial charge in [-0.05, 0) is 0 Å². The Labute approximate surface area is 79.1 Å². The van der Waals surface area contributed by atoms with Gasteiger partial charge in [-0.1, -0.05) is 15.9 Å². The smallest absolute Gasteiger partial charge is 0.225 e. The van der Waals surface area contributed by atoms with E-state index >= 15 is 0 Å². The third-order valence-electron chi connectivity index (χ3n) is 1.31. The zero-order chi connectivity index (χ0) is 8.97. The molecule has 1 heterocycles. The molecular formula is C7H10BrN3O. The first-order valence-electron chi connectivity index (χ1n) is 3.57. The Morgan fingerprint density at radius 3 is 3.08 bits per heavy atom. The summed E-state index contributed by atoms with van der Waals surface area (Å²) in [5.41, 5.74) is 0.739. The predicted octanol–water partition coefficient (Wildman–Crippen LogP) is 1.14. The second-order valence-corrected chi connectivity index (χ2v) is 3.18. The number of aryl methyl sites for hydroxylation is 1. The Morgan fingerprint density at radius 1 is 1.83 bits per heavy atom. The van der Waals surface area contributed by atoms with E-state index < -0.39 is 0 Å². The molecule has 1 N–H and O–H groups in total. The average molecular weight is 232 g/mol. The lowest BCUT2D eigenvalue weighted by Crippen LogP contribution is -2.10. The molecule has 5 heteroatoms. The number of aromatic nitrogens is 2. The molecule has 0 unspecified atom stereocenters. The fourth-order valence-electron chi connectivity index (χ4n) is 0.795. The third-order valence-corrected chi connectivity index (χ3v) is 1.71. The molecule has 0 spiro atoms. The lowest BCUT2D eigenvalue weighted by atomic mass is 10.4. The number of anilines is 1. The van der Waals surface area contributed by atoms with Crippen LogP contribution in [0.4, 0.5) is 5.69 Å². The highest BCUT2D eigenvalue weighted by molar-refractivity contribution is 9.09. The van der Waals surface area contributed by atoms with E-state index in [1.54, 1.807) is 24.1 Å². The lowest BCUT2D eigenvalue weighted by molar-refractivity contribution is -0.115. The van der Waals surface area contributed by atoms with Gasteiger partial charge in [-0.25, -0.2) is 0 Å². The Morgan fingerprint density at radius 2 is 2.58 bits per heavy atom. The molecule has 1 aromatic heterocycles. The zero-order valence-electron chi connectivity index (χ0n) is 6.75. The minimum atomic E-state index is -0.000116. The lowest BCUT2D eigenvalue weighted by Gasteiger charge is -1.97. The Balaban J connectivity index is 2.46. The van der Waals surface area contributed by atoms with Crippen LogP contribution in [0.1, 0.15) is 6.42 Å². The summed E-state index contributed by atoms with van der Waals surface area (Å²) in [6.45, 7) is 0. The predicted molar refractivity (Wildman–Crippen MR) is 50.2 cm³/mol. The molecule has 4 nitrogen and oxygen atoms in total. The number of hydrogen-bond donors (Lipinski definition) is 1. The van der Waals surface area contributed by atoms with Crippen LogP contribution in [0, 0.1) is 0 Å². The molecule has 66 valence electrons. The number of halogens is 1. The van der Waals surface area contributed by atoms with Crippen molar-refractivity contribution in [2.75, 3.05) is 10.6 Å². The summed E-state index contributed by atoms with van der Waals surface area (Å²) in [5.74, 6) is -0.000116. The van der Waals surface area contributed by atoms with Gasteiger partial charge in [0.1, 0.15) is 0 Å². The maximum absolute atomic E-state index is 11.0. The number of amides is 1. The van der Waals surface area contributed by atoms with Crippen LogP contribution in [0.15, 0.2) is 12.4 Å². The van der Waals surface area contributed by atoms with Crippen molar-refractivity contribution in [3.63, 3.8) is 0 Å². The summed E-state index contributed by atoms with van der Waals surface area (Å²) in [7, 11) is 1.81. The van der Waals surface area contributed by atoms with Gasteiger partial charge in [0.2, 0.25) is 5.91 Å². The second-order valence-electron chi connectivity index (χ2n) is 2.39. The maximum Gasteiger partial charge on any atom is 0.225 e. The molecule has 0 aliphatic rings.